The van der Waals surface area contributed by atoms with Gasteiger partial charge in [0, 0.05) is 12.8 Å². The van der Waals surface area contributed by atoms with Crippen molar-refractivity contribution in [1.82, 2.24) is 19.7 Å². The minimum absolute atomic E-state index is 0.0464. The maximum Gasteiger partial charge on any atom is 0.248 e. The van der Waals surface area contributed by atoms with E-state index in [4.69, 9.17) is 11.6 Å². The summed E-state index contributed by atoms with van der Waals surface area (Å²) in [6.07, 6.45) is 3.63. The van der Waals surface area contributed by atoms with Crippen LogP contribution in [0, 0.1) is 0 Å². The van der Waals surface area contributed by atoms with Crippen molar-refractivity contribution in [3.63, 3.8) is 0 Å². The topological polar surface area (TPSA) is 43.6 Å². The van der Waals surface area contributed by atoms with E-state index in [1.54, 1.807) is 10.9 Å². The lowest BCUT2D eigenvalue weighted by atomic mass is 9.92. The Labute approximate surface area is 107 Å². The van der Waals surface area contributed by atoms with Gasteiger partial charge in [0.15, 0.2) is 5.65 Å². The van der Waals surface area contributed by atoms with Crippen molar-refractivity contribution in [2.45, 2.75) is 37.6 Å². The quantitative estimate of drug-likeness (QED) is 0.800. The molecule has 1 aliphatic rings. The number of alkyl halides is 2. The molecule has 1 fully saturated rings. The number of hydrogen-bond donors (Lipinski definition) is 0. The van der Waals surface area contributed by atoms with Crippen molar-refractivity contribution in [3.8, 4) is 0 Å². The molecule has 96 valence electrons. The van der Waals surface area contributed by atoms with Crippen LogP contribution in [0.5, 0.6) is 0 Å². The second-order valence-corrected chi connectivity index (χ2v) is 4.97. The van der Waals surface area contributed by atoms with E-state index in [1.807, 2.05) is 0 Å². The zero-order valence-electron chi connectivity index (χ0n) is 9.48. The molecule has 0 atom stereocenters. The maximum absolute atomic E-state index is 13.1. The Hall–Kier alpha value is -1.30. The standard InChI is InChI=1S/C11H11ClF2N4/c12-9-6-15-8-5-16-18(10(8)17-9)7-1-3-11(13,14)4-2-7/h5-7H,1-4H2. The van der Waals surface area contributed by atoms with Gasteiger partial charge in [-0.2, -0.15) is 5.10 Å². The predicted molar refractivity (Wildman–Crippen MR) is 62.8 cm³/mol. The SMILES string of the molecule is FC1(F)CCC(n2ncc3ncc(Cl)nc32)CC1. The fraction of sp³-hybridized carbons (Fsp3) is 0.545. The number of rotatable bonds is 1. The fourth-order valence-corrected chi connectivity index (χ4v) is 2.46. The Morgan fingerprint density at radius 2 is 2.00 bits per heavy atom. The summed E-state index contributed by atoms with van der Waals surface area (Å²) in [6.45, 7) is 0. The van der Waals surface area contributed by atoms with E-state index in [2.05, 4.69) is 15.1 Å². The second kappa shape index (κ2) is 4.12. The molecule has 0 N–H and O–H groups in total. The maximum atomic E-state index is 13.1. The van der Waals surface area contributed by atoms with E-state index in [0.717, 1.165) is 0 Å². The van der Waals surface area contributed by atoms with Crippen molar-refractivity contribution < 1.29 is 8.78 Å². The van der Waals surface area contributed by atoms with E-state index in [1.165, 1.54) is 6.20 Å². The van der Waals surface area contributed by atoms with Crippen molar-refractivity contribution >= 4 is 22.8 Å². The molecule has 0 aromatic carbocycles. The van der Waals surface area contributed by atoms with Gasteiger partial charge < -0.3 is 0 Å². The Morgan fingerprint density at radius 1 is 1.28 bits per heavy atom. The molecule has 0 unspecified atom stereocenters. The van der Waals surface area contributed by atoms with Crippen LogP contribution in [0.25, 0.3) is 11.2 Å². The first-order valence-electron chi connectivity index (χ1n) is 5.79. The van der Waals surface area contributed by atoms with Gasteiger partial charge in [-0.05, 0) is 12.8 Å². The number of hydrogen-bond acceptors (Lipinski definition) is 3. The molecular formula is C11H11ClF2N4. The first-order valence-corrected chi connectivity index (χ1v) is 6.16. The lowest BCUT2D eigenvalue weighted by Gasteiger charge is -2.28. The summed E-state index contributed by atoms with van der Waals surface area (Å²) in [5.41, 5.74) is 1.20. The molecule has 0 aliphatic heterocycles. The van der Waals surface area contributed by atoms with Crippen molar-refractivity contribution in [3.05, 3.63) is 17.5 Å². The smallest absolute Gasteiger partial charge is 0.248 e. The average Bonchev–Trinajstić information content (AvgIpc) is 2.72. The second-order valence-electron chi connectivity index (χ2n) is 4.58. The van der Waals surface area contributed by atoms with E-state index in [0.29, 0.717) is 24.0 Å². The summed E-state index contributed by atoms with van der Waals surface area (Å²) in [5, 5.41) is 4.48. The Bertz CT molecular complexity index is 573. The highest BCUT2D eigenvalue weighted by molar-refractivity contribution is 6.29. The monoisotopic (exact) mass is 272 g/mol. The fourth-order valence-electron chi connectivity index (χ4n) is 2.34. The van der Waals surface area contributed by atoms with Gasteiger partial charge in [0.05, 0.1) is 18.4 Å². The van der Waals surface area contributed by atoms with Gasteiger partial charge in [0.2, 0.25) is 5.92 Å². The van der Waals surface area contributed by atoms with Crippen molar-refractivity contribution in [1.29, 1.82) is 0 Å². The van der Waals surface area contributed by atoms with Crippen molar-refractivity contribution in [2.75, 3.05) is 0 Å². The van der Waals surface area contributed by atoms with Crippen LogP contribution < -0.4 is 0 Å². The highest BCUT2D eigenvalue weighted by Crippen LogP contribution is 2.38. The Balaban J connectivity index is 1.93. The van der Waals surface area contributed by atoms with E-state index >= 15 is 0 Å². The van der Waals surface area contributed by atoms with Crippen LogP contribution in [0.4, 0.5) is 8.78 Å². The number of aromatic nitrogens is 4. The first-order chi connectivity index (χ1) is 8.55. The molecule has 3 rings (SSSR count). The minimum atomic E-state index is -2.54. The predicted octanol–water partition coefficient (Wildman–Crippen LogP) is 3.23. The zero-order valence-corrected chi connectivity index (χ0v) is 10.2. The molecule has 4 nitrogen and oxygen atoms in total. The molecule has 1 aliphatic carbocycles. The van der Waals surface area contributed by atoms with Crippen LogP contribution in [-0.2, 0) is 0 Å². The van der Waals surface area contributed by atoms with Crippen LogP contribution in [-0.4, -0.2) is 25.7 Å². The highest BCUT2D eigenvalue weighted by Gasteiger charge is 2.36. The van der Waals surface area contributed by atoms with Gasteiger partial charge in [-0.25, -0.2) is 23.4 Å². The van der Waals surface area contributed by atoms with Gasteiger partial charge in [-0.15, -0.1) is 0 Å². The van der Waals surface area contributed by atoms with Crippen molar-refractivity contribution in [2.24, 2.45) is 0 Å². The summed E-state index contributed by atoms with van der Waals surface area (Å²) >= 11 is 5.80. The molecule has 0 saturated heterocycles. The third-order valence-electron chi connectivity index (χ3n) is 3.31. The molecule has 7 heteroatoms. The molecule has 0 bridgehead atoms. The van der Waals surface area contributed by atoms with Gasteiger partial charge in [0.25, 0.3) is 0 Å². The molecule has 0 spiro atoms. The molecule has 1 saturated carbocycles. The van der Waals surface area contributed by atoms with Crippen LogP contribution >= 0.6 is 11.6 Å². The highest BCUT2D eigenvalue weighted by atomic mass is 35.5. The molecule has 18 heavy (non-hydrogen) atoms. The van der Waals surface area contributed by atoms with Crippen LogP contribution in [0.2, 0.25) is 5.15 Å². The molecule has 2 aromatic rings. The number of fused-ring (bicyclic) bond motifs is 1. The number of nitrogens with zero attached hydrogens (tertiary/aromatic N) is 4. The van der Waals surface area contributed by atoms with E-state index < -0.39 is 5.92 Å². The van der Waals surface area contributed by atoms with Crippen LogP contribution in [0.1, 0.15) is 31.7 Å². The summed E-state index contributed by atoms with van der Waals surface area (Å²) in [7, 11) is 0. The first kappa shape index (κ1) is 11.8. The summed E-state index contributed by atoms with van der Waals surface area (Å²) in [5.74, 6) is -2.54. The molecule has 2 aromatic heterocycles. The van der Waals surface area contributed by atoms with Gasteiger partial charge in [0.1, 0.15) is 10.7 Å². The summed E-state index contributed by atoms with van der Waals surface area (Å²) < 4.78 is 27.9. The van der Waals surface area contributed by atoms with E-state index in [-0.39, 0.29) is 24.0 Å². The molecule has 0 amide bonds. The molecule has 0 radical (unpaired) electrons. The third kappa shape index (κ3) is 2.05. The summed E-state index contributed by atoms with van der Waals surface area (Å²) in [4.78, 5) is 8.26. The third-order valence-corrected chi connectivity index (χ3v) is 3.49. The summed E-state index contributed by atoms with van der Waals surface area (Å²) in [6, 6.07) is -0.0464. The average molecular weight is 273 g/mol. The van der Waals surface area contributed by atoms with Gasteiger partial charge in [-0.3, -0.25) is 0 Å². The molecular weight excluding hydrogens is 262 g/mol. The lowest BCUT2D eigenvalue weighted by Crippen LogP contribution is -2.26. The lowest BCUT2D eigenvalue weighted by molar-refractivity contribution is -0.0446. The van der Waals surface area contributed by atoms with Crippen LogP contribution in [0.15, 0.2) is 12.4 Å². The Kier molecular flexibility index (Phi) is 2.69. The molecule has 2 heterocycles. The van der Waals surface area contributed by atoms with E-state index in [9.17, 15) is 8.78 Å². The zero-order chi connectivity index (χ0) is 12.8. The minimum Gasteiger partial charge on any atom is -0.248 e. The Morgan fingerprint density at radius 3 is 2.72 bits per heavy atom. The largest absolute Gasteiger partial charge is 0.248 e. The van der Waals surface area contributed by atoms with Gasteiger partial charge in [-0.1, -0.05) is 11.6 Å². The van der Waals surface area contributed by atoms with Crippen LogP contribution in [0.3, 0.4) is 0 Å². The normalized spacial score (nSPS) is 20.4. The number of halogens is 3. The van der Waals surface area contributed by atoms with Gasteiger partial charge >= 0.3 is 0 Å².